The van der Waals surface area contributed by atoms with Crippen LogP contribution in [0.15, 0.2) is 40.8 Å². The molecule has 0 aliphatic carbocycles. The van der Waals surface area contributed by atoms with Gasteiger partial charge in [-0.25, -0.2) is 0 Å². The zero-order valence-corrected chi connectivity index (χ0v) is 15.9. The Bertz CT molecular complexity index is 875. The number of rotatable bonds is 7. The standard InChI is InChI=1S/C21H25NO4/c1-13-16-8-6-7-9-17(16)26-20(13)14(2)22-12-15-10-18(23-3)21(25-5)19(11-15)24-4/h6-11,14,22H,12H2,1-5H3. The first-order chi connectivity index (χ1) is 12.6. The fourth-order valence-electron chi connectivity index (χ4n) is 3.21. The summed E-state index contributed by atoms with van der Waals surface area (Å²) < 4.78 is 22.3. The van der Waals surface area contributed by atoms with Crippen LogP contribution in [0, 0.1) is 6.92 Å². The molecule has 1 unspecified atom stereocenters. The summed E-state index contributed by atoms with van der Waals surface area (Å²) in [6.07, 6.45) is 0. The molecule has 1 aromatic heterocycles. The van der Waals surface area contributed by atoms with Crippen molar-refractivity contribution in [3.05, 3.63) is 53.3 Å². The van der Waals surface area contributed by atoms with Gasteiger partial charge >= 0.3 is 0 Å². The molecule has 0 saturated carbocycles. The van der Waals surface area contributed by atoms with E-state index in [0.29, 0.717) is 23.8 Å². The number of para-hydroxylation sites is 1. The van der Waals surface area contributed by atoms with E-state index in [4.69, 9.17) is 18.6 Å². The number of hydrogen-bond donors (Lipinski definition) is 1. The normalized spacial score (nSPS) is 12.2. The van der Waals surface area contributed by atoms with Crippen molar-refractivity contribution in [2.75, 3.05) is 21.3 Å². The van der Waals surface area contributed by atoms with Gasteiger partial charge in [-0.3, -0.25) is 0 Å². The van der Waals surface area contributed by atoms with Gasteiger partial charge in [0.25, 0.3) is 0 Å². The average Bonchev–Trinajstić information content (AvgIpc) is 3.02. The summed E-state index contributed by atoms with van der Waals surface area (Å²) in [6, 6.07) is 12.1. The lowest BCUT2D eigenvalue weighted by Gasteiger charge is -2.16. The molecule has 0 fully saturated rings. The highest BCUT2D eigenvalue weighted by Crippen LogP contribution is 2.38. The van der Waals surface area contributed by atoms with Gasteiger partial charge in [-0.15, -0.1) is 0 Å². The summed E-state index contributed by atoms with van der Waals surface area (Å²) in [4.78, 5) is 0. The lowest BCUT2D eigenvalue weighted by molar-refractivity contribution is 0.323. The quantitative estimate of drug-likeness (QED) is 0.670. The van der Waals surface area contributed by atoms with E-state index >= 15 is 0 Å². The Hall–Kier alpha value is -2.66. The number of fused-ring (bicyclic) bond motifs is 1. The topological polar surface area (TPSA) is 52.9 Å². The first-order valence-corrected chi connectivity index (χ1v) is 8.59. The van der Waals surface area contributed by atoms with Gasteiger partial charge in [0.15, 0.2) is 11.5 Å². The Morgan fingerprint density at radius 1 is 1.00 bits per heavy atom. The van der Waals surface area contributed by atoms with Crippen molar-refractivity contribution in [2.24, 2.45) is 0 Å². The molecule has 0 saturated heterocycles. The third kappa shape index (κ3) is 3.35. The van der Waals surface area contributed by atoms with Crippen LogP contribution in [0.25, 0.3) is 11.0 Å². The summed E-state index contributed by atoms with van der Waals surface area (Å²) in [5, 5.41) is 4.67. The van der Waals surface area contributed by atoms with Crippen molar-refractivity contribution in [1.82, 2.24) is 5.32 Å². The van der Waals surface area contributed by atoms with Crippen molar-refractivity contribution in [1.29, 1.82) is 0 Å². The lowest BCUT2D eigenvalue weighted by Crippen LogP contribution is -2.18. The fourth-order valence-corrected chi connectivity index (χ4v) is 3.21. The van der Waals surface area contributed by atoms with Gasteiger partial charge < -0.3 is 23.9 Å². The molecule has 1 N–H and O–H groups in total. The van der Waals surface area contributed by atoms with Gasteiger partial charge in [-0.2, -0.15) is 0 Å². The van der Waals surface area contributed by atoms with Gasteiger partial charge in [0.2, 0.25) is 5.75 Å². The van der Waals surface area contributed by atoms with Crippen LogP contribution in [-0.4, -0.2) is 21.3 Å². The van der Waals surface area contributed by atoms with Crippen molar-refractivity contribution in [2.45, 2.75) is 26.4 Å². The molecule has 1 heterocycles. The fraction of sp³-hybridized carbons (Fsp3) is 0.333. The Morgan fingerprint density at radius 2 is 1.65 bits per heavy atom. The van der Waals surface area contributed by atoms with E-state index in [1.54, 1.807) is 21.3 Å². The predicted octanol–water partition coefficient (Wildman–Crippen LogP) is 4.62. The van der Waals surface area contributed by atoms with Crippen molar-refractivity contribution in [3.63, 3.8) is 0 Å². The molecule has 3 aromatic rings. The van der Waals surface area contributed by atoms with Crippen LogP contribution in [0.5, 0.6) is 17.2 Å². The van der Waals surface area contributed by atoms with Gasteiger partial charge in [0.1, 0.15) is 11.3 Å². The first-order valence-electron chi connectivity index (χ1n) is 8.59. The minimum atomic E-state index is 0.0708. The van der Waals surface area contributed by atoms with E-state index in [-0.39, 0.29) is 6.04 Å². The maximum Gasteiger partial charge on any atom is 0.203 e. The Morgan fingerprint density at radius 3 is 2.23 bits per heavy atom. The SMILES string of the molecule is COc1cc(CNC(C)c2oc3ccccc3c2C)cc(OC)c1OC. The zero-order chi connectivity index (χ0) is 18.7. The molecule has 5 heteroatoms. The highest BCUT2D eigenvalue weighted by atomic mass is 16.5. The monoisotopic (exact) mass is 355 g/mol. The summed E-state index contributed by atoms with van der Waals surface area (Å²) in [6.45, 7) is 4.84. The van der Waals surface area contributed by atoms with Gasteiger partial charge in [-0.05, 0) is 43.2 Å². The zero-order valence-electron chi connectivity index (χ0n) is 15.9. The summed E-state index contributed by atoms with van der Waals surface area (Å²) in [5.41, 5.74) is 3.13. The minimum Gasteiger partial charge on any atom is -0.493 e. The predicted molar refractivity (Wildman–Crippen MR) is 102 cm³/mol. The summed E-state index contributed by atoms with van der Waals surface area (Å²) in [5.74, 6) is 2.85. The lowest BCUT2D eigenvalue weighted by atomic mass is 10.1. The maximum atomic E-state index is 6.04. The molecule has 2 aromatic carbocycles. The number of nitrogens with one attached hydrogen (secondary N) is 1. The van der Waals surface area contributed by atoms with Gasteiger partial charge in [0.05, 0.1) is 27.4 Å². The third-order valence-electron chi connectivity index (χ3n) is 4.61. The first kappa shape index (κ1) is 18.1. The molecule has 0 aliphatic heterocycles. The van der Waals surface area contributed by atoms with Crippen molar-refractivity contribution < 1.29 is 18.6 Å². The number of benzene rings is 2. The number of furan rings is 1. The van der Waals surface area contributed by atoms with Crippen molar-refractivity contribution >= 4 is 11.0 Å². The second-order valence-electron chi connectivity index (χ2n) is 6.22. The molecule has 0 radical (unpaired) electrons. The van der Waals surface area contributed by atoms with Crippen LogP contribution in [0.2, 0.25) is 0 Å². The number of methoxy groups -OCH3 is 3. The van der Waals surface area contributed by atoms with E-state index < -0.39 is 0 Å². The second-order valence-corrected chi connectivity index (χ2v) is 6.22. The number of aryl methyl sites for hydroxylation is 1. The molecular formula is C21H25NO4. The smallest absolute Gasteiger partial charge is 0.203 e. The average molecular weight is 355 g/mol. The molecule has 0 aliphatic rings. The van der Waals surface area contributed by atoms with Gasteiger partial charge in [-0.1, -0.05) is 18.2 Å². The molecule has 5 nitrogen and oxygen atoms in total. The third-order valence-corrected chi connectivity index (χ3v) is 4.61. The van der Waals surface area contributed by atoms with Crippen LogP contribution in [0.1, 0.15) is 29.9 Å². The summed E-state index contributed by atoms with van der Waals surface area (Å²) >= 11 is 0. The molecule has 138 valence electrons. The Kier molecular flexibility index (Phi) is 5.38. The number of hydrogen-bond acceptors (Lipinski definition) is 5. The molecule has 0 spiro atoms. The Balaban J connectivity index is 1.80. The molecule has 26 heavy (non-hydrogen) atoms. The largest absolute Gasteiger partial charge is 0.493 e. The molecule has 0 amide bonds. The molecular weight excluding hydrogens is 330 g/mol. The van der Waals surface area contributed by atoms with Crippen molar-refractivity contribution in [3.8, 4) is 17.2 Å². The highest BCUT2D eigenvalue weighted by molar-refractivity contribution is 5.82. The molecule has 0 bridgehead atoms. The van der Waals surface area contributed by atoms with Crippen LogP contribution in [-0.2, 0) is 6.54 Å². The van der Waals surface area contributed by atoms with E-state index in [0.717, 1.165) is 22.3 Å². The van der Waals surface area contributed by atoms with Crippen LogP contribution >= 0.6 is 0 Å². The minimum absolute atomic E-state index is 0.0708. The highest BCUT2D eigenvalue weighted by Gasteiger charge is 2.17. The van der Waals surface area contributed by atoms with E-state index in [2.05, 4.69) is 25.2 Å². The molecule has 3 rings (SSSR count). The van der Waals surface area contributed by atoms with E-state index in [1.165, 1.54) is 5.56 Å². The molecule has 1 atom stereocenters. The maximum absolute atomic E-state index is 6.04. The van der Waals surface area contributed by atoms with E-state index in [1.807, 2.05) is 30.3 Å². The van der Waals surface area contributed by atoms with Gasteiger partial charge in [0, 0.05) is 11.9 Å². The summed E-state index contributed by atoms with van der Waals surface area (Å²) in [7, 11) is 4.84. The Labute approximate surface area is 153 Å². The van der Waals surface area contributed by atoms with Crippen LogP contribution < -0.4 is 19.5 Å². The second kappa shape index (κ2) is 7.70. The number of ether oxygens (including phenoxy) is 3. The van der Waals surface area contributed by atoms with Crippen LogP contribution in [0.3, 0.4) is 0 Å². The van der Waals surface area contributed by atoms with Crippen LogP contribution in [0.4, 0.5) is 0 Å². The van der Waals surface area contributed by atoms with E-state index in [9.17, 15) is 0 Å².